The summed E-state index contributed by atoms with van der Waals surface area (Å²) >= 11 is 0. The summed E-state index contributed by atoms with van der Waals surface area (Å²) in [6.07, 6.45) is 8.06. The van der Waals surface area contributed by atoms with E-state index in [1.165, 1.54) is 12.8 Å². The quantitative estimate of drug-likeness (QED) is 0.563. The zero-order valence-electron chi connectivity index (χ0n) is 17.8. The van der Waals surface area contributed by atoms with E-state index in [-0.39, 0.29) is 0 Å². The summed E-state index contributed by atoms with van der Waals surface area (Å²) in [7, 11) is 2.25. The highest BCUT2D eigenvalue weighted by atomic mass is 16.5. The Hall–Kier alpha value is -3.63. The monoisotopic (exact) mass is 434 g/mol. The molecule has 0 spiro atoms. The van der Waals surface area contributed by atoms with Gasteiger partial charge in [0.25, 0.3) is 0 Å². The number of aromatic nitrogens is 1. The molecule has 2 aromatic rings. The van der Waals surface area contributed by atoms with Crippen LogP contribution in [-0.2, 0) is 9.59 Å². The van der Waals surface area contributed by atoms with Crippen LogP contribution in [0, 0.1) is 11.8 Å². The van der Waals surface area contributed by atoms with Gasteiger partial charge < -0.3 is 19.8 Å². The maximum absolute atomic E-state index is 9.55. The van der Waals surface area contributed by atoms with Crippen molar-refractivity contribution in [3.05, 3.63) is 71.9 Å². The second-order valence-corrected chi connectivity index (χ2v) is 7.77. The maximum Gasteiger partial charge on any atom is 0.328 e. The number of hydrogen-bond donors (Lipinski definition) is 2. The lowest BCUT2D eigenvalue weighted by Crippen LogP contribution is -2.43. The first-order valence-electron chi connectivity index (χ1n) is 10.5. The van der Waals surface area contributed by atoms with E-state index >= 15 is 0 Å². The van der Waals surface area contributed by atoms with Crippen molar-refractivity contribution < 1.29 is 24.5 Å². The Morgan fingerprint density at radius 1 is 0.969 bits per heavy atom. The summed E-state index contributed by atoms with van der Waals surface area (Å²) in [5, 5.41) is 15.6. The third-order valence-electron chi connectivity index (χ3n) is 5.57. The lowest BCUT2D eigenvalue weighted by atomic mass is 10.0. The minimum absolute atomic E-state index is 0.299. The predicted molar refractivity (Wildman–Crippen MR) is 119 cm³/mol. The molecule has 0 radical (unpaired) electrons. The summed E-state index contributed by atoms with van der Waals surface area (Å²) in [6, 6.07) is 15.3. The molecule has 2 unspecified atom stereocenters. The molecule has 1 aromatic heterocycles. The van der Waals surface area contributed by atoms with Crippen molar-refractivity contribution in [2.45, 2.75) is 43.9 Å². The third-order valence-corrected chi connectivity index (χ3v) is 5.57. The number of fused-ring (bicyclic) bond motifs is 2. The topological polar surface area (TPSA) is 100.0 Å². The van der Waals surface area contributed by atoms with E-state index in [2.05, 4.69) is 28.8 Å². The lowest BCUT2D eigenvalue weighted by molar-refractivity contribution is -0.134. The number of carbonyl (C=O) groups is 2. The summed E-state index contributed by atoms with van der Waals surface area (Å²) in [5.74, 6) is 4.50. The second kappa shape index (κ2) is 11.1. The van der Waals surface area contributed by atoms with Crippen LogP contribution in [0.2, 0.25) is 0 Å². The number of carboxylic acid groups (broad SMARTS) is 2. The zero-order chi connectivity index (χ0) is 22.9. The number of benzene rings is 1. The highest BCUT2D eigenvalue weighted by Gasteiger charge is 2.39. The minimum Gasteiger partial charge on any atom is -0.478 e. The van der Waals surface area contributed by atoms with Crippen LogP contribution in [0.5, 0.6) is 5.88 Å². The number of carboxylic acids is 2. The van der Waals surface area contributed by atoms with Crippen LogP contribution < -0.4 is 4.74 Å². The van der Waals surface area contributed by atoms with Crippen LogP contribution in [0.3, 0.4) is 0 Å². The predicted octanol–water partition coefficient (Wildman–Crippen LogP) is 3.20. The van der Waals surface area contributed by atoms with Crippen molar-refractivity contribution in [2.75, 3.05) is 7.05 Å². The molecule has 2 atom stereocenters. The lowest BCUT2D eigenvalue weighted by Gasteiger charge is -2.36. The number of piperidine rings is 1. The molecule has 2 N–H and O–H groups in total. The number of ether oxygens (including phenoxy) is 1. The maximum atomic E-state index is 9.55. The fraction of sp³-hybridized carbons (Fsp3) is 0.320. The number of nitrogens with zero attached hydrogens (tertiary/aromatic N) is 2. The van der Waals surface area contributed by atoms with E-state index in [4.69, 9.17) is 14.9 Å². The van der Waals surface area contributed by atoms with Crippen LogP contribution in [0.1, 0.15) is 36.8 Å². The van der Waals surface area contributed by atoms with Gasteiger partial charge >= 0.3 is 11.9 Å². The number of rotatable bonds is 4. The first kappa shape index (κ1) is 23.0. The number of hydrogen-bond acceptors (Lipinski definition) is 5. The molecule has 2 aliphatic heterocycles. The summed E-state index contributed by atoms with van der Waals surface area (Å²) in [4.78, 5) is 26.1. The Labute approximate surface area is 187 Å². The Kier molecular flexibility index (Phi) is 8.01. The Morgan fingerprint density at radius 2 is 1.56 bits per heavy atom. The van der Waals surface area contributed by atoms with Crippen LogP contribution in [0.4, 0.5) is 0 Å². The SMILES string of the molecule is CN1C2CCC1CC(Oc1ccc(C#Cc3ccccc3)cn1)C2.O=C(O)/C=C/C(=O)O. The molecule has 0 amide bonds. The summed E-state index contributed by atoms with van der Waals surface area (Å²) in [5.41, 5.74) is 1.93. The molecule has 3 heterocycles. The largest absolute Gasteiger partial charge is 0.478 e. The van der Waals surface area contributed by atoms with Crippen LogP contribution in [0.25, 0.3) is 0 Å². The minimum atomic E-state index is -1.26. The van der Waals surface area contributed by atoms with Crippen molar-refractivity contribution in [2.24, 2.45) is 0 Å². The summed E-state index contributed by atoms with van der Waals surface area (Å²) in [6.45, 7) is 0. The molecule has 2 fully saturated rings. The first-order valence-corrected chi connectivity index (χ1v) is 10.5. The molecule has 0 saturated carbocycles. The molecule has 0 aliphatic carbocycles. The van der Waals surface area contributed by atoms with Crippen molar-refractivity contribution in [3.8, 4) is 17.7 Å². The molecular weight excluding hydrogens is 408 g/mol. The number of pyridine rings is 1. The van der Waals surface area contributed by atoms with E-state index in [0.29, 0.717) is 36.2 Å². The molecule has 7 heteroatoms. The van der Waals surface area contributed by atoms with Crippen molar-refractivity contribution in [3.63, 3.8) is 0 Å². The molecular formula is C25H26N2O5. The van der Waals surface area contributed by atoms with Gasteiger partial charge in [-0.1, -0.05) is 30.0 Å². The smallest absolute Gasteiger partial charge is 0.328 e. The standard InChI is InChI=1S/C21H22N2O.C4H4O4/c1-23-18-10-11-19(23)14-20(13-18)24-21-12-9-17(15-22-21)8-7-16-5-3-2-4-6-16;5-3(6)1-2-4(7)8/h2-6,9,12,15,18-20H,10-11,13-14H2,1H3;1-2H,(H,5,6)(H,7,8)/b;2-1+. The van der Waals surface area contributed by atoms with Gasteiger partial charge in [-0.05, 0) is 50.9 Å². The third kappa shape index (κ3) is 6.96. The van der Waals surface area contributed by atoms with E-state index < -0.39 is 11.9 Å². The number of aliphatic carboxylic acids is 2. The van der Waals surface area contributed by atoms with Gasteiger partial charge in [0.15, 0.2) is 0 Å². The zero-order valence-corrected chi connectivity index (χ0v) is 17.8. The Morgan fingerprint density at radius 3 is 2.09 bits per heavy atom. The van der Waals surface area contributed by atoms with Crippen LogP contribution in [-0.4, -0.2) is 57.3 Å². The normalized spacial score (nSPS) is 21.7. The fourth-order valence-electron chi connectivity index (χ4n) is 3.96. The molecule has 32 heavy (non-hydrogen) atoms. The van der Waals surface area contributed by atoms with Gasteiger partial charge in [-0.2, -0.15) is 0 Å². The highest BCUT2D eigenvalue weighted by Crippen LogP contribution is 2.35. The van der Waals surface area contributed by atoms with Crippen molar-refractivity contribution in [1.82, 2.24) is 9.88 Å². The van der Waals surface area contributed by atoms with E-state index in [1.54, 1.807) is 6.20 Å². The van der Waals surface area contributed by atoms with Gasteiger partial charge in [-0.15, -0.1) is 0 Å². The van der Waals surface area contributed by atoms with Gasteiger partial charge in [0.2, 0.25) is 5.88 Å². The molecule has 166 valence electrons. The molecule has 1 aromatic carbocycles. The molecule has 7 nitrogen and oxygen atoms in total. The van der Waals surface area contributed by atoms with Crippen molar-refractivity contribution >= 4 is 11.9 Å². The fourth-order valence-corrected chi connectivity index (χ4v) is 3.96. The average Bonchev–Trinajstić information content (AvgIpc) is 2.98. The van der Waals surface area contributed by atoms with E-state index in [0.717, 1.165) is 24.0 Å². The first-order chi connectivity index (χ1) is 15.4. The summed E-state index contributed by atoms with van der Waals surface area (Å²) < 4.78 is 6.12. The Balaban J connectivity index is 0.000000312. The van der Waals surface area contributed by atoms with Crippen LogP contribution >= 0.6 is 0 Å². The average molecular weight is 434 g/mol. The molecule has 2 bridgehead atoms. The molecule has 2 aliphatic rings. The second-order valence-electron chi connectivity index (χ2n) is 7.77. The van der Waals surface area contributed by atoms with Gasteiger partial charge in [0, 0.05) is 47.6 Å². The molecule has 4 rings (SSSR count). The van der Waals surface area contributed by atoms with Gasteiger partial charge in [-0.3, -0.25) is 0 Å². The van der Waals surface area contributed by atoms with E-state index in [1.807, 2.05) is 42.5 Å². The van der Waals surface area contributed by atoms with Gasteiger partial charge in [0.05, 0.1) is 0 Å². The van der Waals surface area contributed by atoms with E-state index in [9.17, 15) is 9.59 Å². The Bertz CT molecular complexity index is 978. The highest BCUT2D eigenvalue weighted by molar-refractivity contribution is 5.89. The molecule has 2 saturated heterocycles. The van der Waals surface area contributed by atoms with Gasteiger partial charge in [0.1, 0.15) is 6.10 Å². The van der Waals surface area contributed by atoms with Gasteiger partial charge in [-0.25, -0.2) is 14.6 Å². The van der Waals surface area contributed by atoms with Crippen LogP contribution in [0.15, 0.2) is 60.8 Å². The van der Waals surface area contributed by atoms with Crippen molar-refractivity contribution in [1.29, 1.82) is 0 Å².